The Balaban J connectivity index is 2.50. The van der Waals surface area contributed by atoms with E-state index in [1.165, 1.54) is 0 Å². The van der Waals surface area contributed by atoms with E-state index in [0.29, 0.717) is 13.0 Å². The number of nitrogens with zero attached hydrogens (tertiary/aromatic N) is 1. The second-order valence-corrected chi connectivity index (χ2v) is 3.56. The van der Waals surface area contributed by atoms with E-state index in [1.807, 2.05) is 31.2 Å². The molecule has 0 saturated heterocycles. The van der Waals surface area contributed by atoms with Crippen LogP contribution in [0.1, 0.15) is 25.3 Å². The van der Waals surface area contributed by atoms with E-state index in [9.17, 15) is 0 Å². The van der Waals surface area contributed by atoms with Gasteiger partial charge >= 0.3 is 0 Å². The van der Waals surface area contributed by atoms with Gasteiger partial charge in [0, 0.05) is 0 Å². The number of hydrogen-bond acceptors (Lipinski definition) is 3. The molecule has 0 aliphatic heterocycles. The van der Waals surface area contributed by atoms with E-state index < -0.39 is 0 Å². The molecule has 1 atom stereocenters. The summed E-state index contributed by atoms with van der Waals surface area (Å²) >= 11 is 0. The second-order valence-electron chi connectivity index (χ2n) is 3.56. The molecule has 0 radical (unpaired) electrons. The standard InChI is InChI=1S/C13H17NO2/c1-3-12(7-8-14)16-10-11-5-4-6-13(9-11)15-2/h4-6,9,12H,3,7,10H2,1-2H3. The molecule has 0 aromatic heterocycles. The zero-order valence-electron chi connectivity index (χ0n) is 9.77. The summed E-state index contributed by atoms with van der Waals surface area (Å²) in [6, 6.07) is 9.89. The topological polar surface area (TPSA) is 42.2 Å². The molecule has 16 heavy (non-hydrogen) atoms. The summed E-state index contributed by atoms with van der Waals surface area (Å²) in [6.45, 7) is 2.55. The van der Waals surface area contributed by atoms with Crippen LogP contribution in [0.15, 0.2) is 24.3 Å². The van der Waals surface area contributed by atoms with Crippen molar-refractivity contribution in [2.45, 2.75) is 32.5 Å². The molecule has 0 amide bonds. The van der Waals surface area contributed by atoms with Crippen LogP contribution in [0.5, 0.6) is 5.75 Å². The molecule has 0 N–H and O–H groups in total. The first kappa shape index (κ1) is 12.5. The Kier molecular flexibility index (Phi) is 5.38. The molecule has 0 saturated carbocycles. The van der Waals surface area contributed by atoms with Crippen LogP contribution in [0.2, 0.25) is 0 Å². The highest BCUT2D eigenvalue weighted by atomic mass is 16.5. The van der Waals surface area contributed by atoms with Crippen LogP contribution in [-0.4, -0.2) is 13.2 Å². The van der Waals surface area contributed by atoms with Gasteiger partial charge in [0.05, 0.1) is 32.3 Å². The molecule has 1 aromatic carbocycles. The van der Waals surface area contributed by atoms with Gasteiger partial charge in [0.15, 0.2) is 0 Å². The van der Waals surface area contributed by atoms with Gasteiger partial charge in [-0.25, -0.2) is 0 Å². The van der Waals surface area contributed by atoms with Gasteiger partial charge in [-0.05, 0) is 24.1 Å². The molecule has 3 nitrogen and oxygen atoms in total. The summed E-state index contributed by atoms with van der Waals surface area (Å²) < 4.78 is 10.8. The Bertz CT molecular complexity index is 357. The second kappa shape index (κ2) is 6.86. The molecule has 0 bridgehead atoms. The SMILES string of the molecule is CCC(CC#N)OCc1cccc(OC)c1. The third kappa shape index (κ3) is 3.92. The van der Waals surface area contributed by atoms with Gasteiger partial charge < -0.3 is 9.47 Å². The fourth-order valence-corrected chi connectivity index (χ4v) is 1.40. The number of ether oxygens (including phenoxy) is 2. The van der Waals surface area contributed by atoms with Crippen LogP contribution in [0.4, 0.5) is 0 Å². The molecule has 1 rings (SSSR count). The molecular weight excluding hydrogens is 202 g/mol. The van der Waals surface area contributed by atoms with E-state index >= 15 is 0 Å². The Morgan fingerprint density at radius 2 is 2.25 bits per heavy atom. The van der Waals surface area contributed by atoms with Gasteiger partial charge in [0.2, 0.25) is 0 Å². The summed E-state index contributed by atoms with van der Waals surface area (Å²) in [5.74, 6) is 0.828. The predicted octanol–water partition coefficient (Wildman–Crippen LogP) is 2.90. The van der Waals surface area contributed by atoms with Crippen molar-refractivity contribution < 1.29 is 9.47 Å². The maximum Gasteiger partial charge on any atom is 0.119 e. The molecular formula is C13H17NO2. The van der Waals surface area contributed by atoms with Gasteiger partial charge in [-0.2, -0.15) is 5.26 Å². The van der Waals surface area contributed by atoms with Crippen molar-refractivity contribution in [1.82, 2.24) is 0 Å². The van der Waals surface area contributed by atoms with Crippen LogP contribution in [0.25, 0.3) is 0 Å². The first-order valence-corrected chi connectivity index (χ1v) is 5.41. The molecule has 0 spiro atoms. The van der Waals surface area contributed by atoms with Crippen LogP contribution in [-0.2, 0) is 11.3 Å². The fraction of sp³-hybridized carbons (Fsp3) is 0.462. The van der Waals surface area contributed by atoms with Crippen molar-refractivity contribution in [3.63, 3.8) is 0 Å². The quantitative estimate of drug-likeness (QED) is 0.738. The molecule has 1 aromatic rings. The number of benzene rings is 1. The Hall–Kier alpha value is -1.53. The monoisotopic (exact) mass is 219 g/mol. The number of rotatable bonds is 6. The molecule has 0 aliphatic carbocycles. The van der Waals surface area contributed by atoms with E-state index in [-0.39, 0.29) is 6.10 Å². The first-order chi connectivity index (χ1) is 7.80. The largest absolute Gasteiger partial charge is 0.497 e. The van der Waals surface area contributed by atoms with E-state index in [1.54, 1.807) is 7.11 Å². The van der Waals surface area contributed by atoms with Crippen LogP contribution < -0.4 is 4.74 Å². The molecule has 0 fully saturated rings. The Morgan fingerprint density at radius 3 is 2.88 bits per heavy atom. The third-order valence-corrected chi connectivity index (χ3v) is 2.39. The van der Waals surface area contributed by atoms with Crippen molar-refractivity contribution >= 4 is 0 Å². The van der Waals surface area contributed by atoms with Gasteiger partial charge in [-0.1, -0.05) is 19.1 Å². The van der Waals surface area contributed by atoms with E-state index in [0.717, 1.165) is 17.7 Å². The zero-order chi connectivity index (χ0) is 11.8. The highest BCUT2D eigenvalue weighted by molar-refractivity contribution is 5.27. The lowest BCUT2D eigenvalue weighted by molar-refractivity contribution is 0.0413. The van der Waals surface area contributed by atoms with Crippen LogP contribution in [0, 0.1) is 11.3 Å². The minimum atomic E-state index is 0.0243. The molecule has 86 valence electrons. The minimum absolute atomic E-state index is 0.0243. The molecule has 3 heteroatoms. The molecule has 1 unspecified atom stereocenters. The zero-order valence-corrected chi connectivity index (χ0v) is 9.77. The van der Waals surface area contributed by atoms with Gasteiger partial charge in [-0.3, -0.25) is 0 Å². The lowest BCUT2D eigenvalue weighted by Crippen LogP contribution is -2.10. The van der Waals surface area contributed by atoms with Crippen molar-refractivity contribution in [2.24, 2.45) is 0 Å². The summed E-state index contributed by atoms with van der Waals surface area (Å²) in [6.07, 6.45) is 1.33. The fourth-order valence-electron chi connectivity index (χ4n) is 1.40. The van der Waals surface area contributed by atoms with E-state index in [2.05, 4.69) is 6.07 Å². The van der Waals surface area contributed by atoms with Crippen molar-refractivity contribution in [1.29, 1.82) is 5.26 Å². The molecule has 0 heterocycles. The minimum Gasteiger partial charge on any atom is -0.497 e. The molecule has 0 aliphatic rings. The number of nitriles is 1. The summed E-state index contributed by atoms with van der Waals surface area (Å²) in [5.41, 5.74) is 1.07. The highest BCUT2D eigenvalue weighted by Crippen LogP contribution is 2.15. The van der Waals surface area contributed by atoms with Gasteiger partial charge in [-0.15, -0.1) is 0 Å². The van der Waals surface area contributed by atoms with Gasteiger partial charge in [0.1, 0.15) is 5.75 Å². The Morgan fingerprint density at radius 1 is 1.44 bits per heavy atom. The van der Waals surface area contributed by atoms with Crippen LogP contribution >= 0.6 is 0 Å². The average molecular weight is 219 g/mol. The van der Waals surface area contributed by atoms with Gasteiger partial charge in [0.25, 0.3) is 0 Å². The Labute approximate surface area is 96.6 Å². The summed E-state index contributed by atoms with van der Waals surface area (Å²) in [5, 5.41) is 8.60. The van der Waals surface area contributed by atoms with Crippen molar-refractivity contribution in [3.8, 4) is 11.8 Å². The lowest BCUT2D eigenvalue weighted by Gasteiger charge is -2.13. The average Bonchev–Trinajstić information content (AvgIpc) is 2.34. The lowest BCUT2D eigenvalue weighted by atomic mass is 10.2. The number of hydrogen-bond donors (Lipinski definition) is 0. The highest BCUT2D eigenvalue weighted by Gasteiger charge is 2.06. The summed E-state index contributed by atoms with van der Waals surface area (Å²) in [4.78, 5) is 0. The van der Waals surface area contributed by atoms with Crippen LogP contribution in [0.3, 0.4) is 0 Å². The maximum atomic E-state index is 8.60. The first-order valence-electron chi connectivity index (χ1n) is 5.41. The normalized spacial score (nSPS) is 11.8. The third-order valence-electron chi connectivity index (χ3n) is 2.39. The predicted molar refractivity (Wildman–Crippen MR) is 62.1 cm³/mol. The van der Waals surface area contributed by atoms with Crippen molar-refractivity contribution in [2.75, 3.05) is 7.11 Å². The van der Waals surface area contributed by atoms with E-state index in [4.69, 9.17) is 14.7 Å². The smallest absolute Gasteiger partial charge is 0.119 e. The summed E-state index contributed by atoms with van der Waals surface area (Å²) in [7, 11) is 1.64. The maximum absolute atomic E-state index is 8.60. The number of methoxy groups -OCH3 is 1. The van der Waals surface area contributed by atoms with Crippen molar-refractivity contribution in [3.05, 3.63) is 29.8 Å².